The molecular formula is C17H25NO. The summed E-state index contributed by atoms with van der Waals surface area (Å²) in [5.74, 6) is 1.92. The molecule has 3 rings (SSSR count). The Morgan fingerprint density at radius 1 is 1.32 bits per heavy atom. The quantitative estimate of drug-likeness (QED) is 0.880. The number of benzene rings is 1. The minimum Gasteiger partial charge on any atom is -0.490 e. The van der Waals surface area contributed by atoms with Gasteiger partial charge in [-0.2, -0.15) is 0 Å². The van der Waals surface area contributed by atoms with Gasteiger partial charge < -0.3 is 10.5 Å². The van der Waals surface area contributed by atoms with Crippen molar-refractivity contribution < 1.29 is 4.74 Å². The average molecular weight is 259 g/mol. The zero-order valence-corrected chi connectivity index (χ0v) is 12.1. The Hall–Kier alpha value is -1.02. The fraction of sp³-hybridized carbons (Fsp3) is 0.647. The lowest BCUT2D eigenvalue weighted by Gasteiger charge is -2.37. The molecule has 2 aliphatic rings. The SMILES string of the molecule is Cc1ccc2c(c1)CC(CC1(N)CCC(C)CC1)O2. The van der Waals surface area contributed by atoms with Gasteiger partial charge in [-0.1, -0.05) is 24.6 Å². The number of ether oxygens (including phenoxy) is 1. The third-order valence-electron chi connectivity index (χ3n) is 4.86. The number of rotatable bonds is 2. The topological polar surface area (TPSA) is 35.2 Å². The normalized spacial score (nSPS) is 33.8. The molecule has 0 amide bonds. The lowest BCUT2D eigenvalue weighted by molar-refractivity contribution is 0.142. The Kier molecular flexibility index (Phi) is 3.30. The van der Waals surface area contributed by atoms with Crippen LogP contribution in [0.3, 0.4) is 0 Å². The molecule has 1 heterocycles. The highest BCUT2D eigenvalue weighted by molar-refractivity contribution is 5.40. The van der Waals surface area contributed by atoms with Crippen LogP contribution >= 0.6 is 0 Å². The molecule has 2 heteroatoms. The van der Waals surface area contributed by atoms with Gasteiger partial charge in [-0.15, -0.1) is 0 Å². The van der Waals surface area contributed by atoms with E-state index in [0.29, 0.717) is 0 Å². The van der Waals surface area contributed by atoms with E-state index < -0.39 is 0 Å². The van der Waals surface area contributed by atoms with Crippen LogP contribution in [0.1, 0.15) is 50.2 Å². The van der Waals surface area contributed by atoms with Crippen LogP contribution in [-0.2, 0) is 6.42 Å². The average Bonchev–Trinajstić information content (AvgIpc) is 2.74. The lowest BCUT2D eigenvalue weighted by Crippen LogP contribution is -2.46. The highest BCUT2D eigenvalue weighted by Gasteiger charge is 2.35. The molecule has 0 bridgehead atoms. The standard InChI is InChI=1S/C17H25NO/c1-12-5-7-17(18,8-6-12)11-15-10-14-9-13(2)3-4-16(14)19-15/h3-4,9,12,15H,5-8,10-11,18H2,1-2H3. The van der Waals surface area contributed by atoms with Crippen LogP contribution in [0.5, 0.6) is 5.75 Å². The van der Waals surface area contributed by atoms with E-state index in [-0.39, 0.29) is 11.6 Å². The minimum atomic E-state index is 0.00820. The van der Waals surface area contributed by atoms with Crippen molar-refractivity contribution in [2.45, 2.75) is 64.0 Å². The number of hydrogen-bond donors (Lipinski definition) is 1. The largest absolute Gasteiger partial charge is 0.490 e. The van der Waals surface area contributed by atoms with Gasteiger partial charge in [0.1, 0.15) is 11.9 Å². The van der Waals surface area contributed by atoms with E-state index >= 15 is 0 Å². The molecule has 19 heavy (non-hydrogen) atoms. The van der Waals surface area contributed by atoms with Gasteiger partial charge in [-0.05, 0) is 50.2 Å². The zero-order chi connectivity index (χ0) is 13.5. The Labute approximate surface area is 116 Å². The van der Waals surface area contributed by atoms with Crippen LogP contribution in [0.15, 0.2) is 18.2 Å². The summed E-state index contributed by atoms with van der Waals surface area (Å²) in [6, 6.07) is 6.49. The fourth-order valence-electron chi connectivity index (χ4n) is 3.56. The molecule has 1 fully saturated rings. The van der Waals surface area contributed by atoms with Crippen LogP contribution in [0.25, 0.3) is 0 Å². The second-order valence-corrected chi connectivity index (χ2v) is 6.80. The van der Waals surface area contributed by atoms with Crippen LogP contribution in [-0.4, -0.2) is 11.6 Å². The third-order valence-corrected chi connectivity index (χ3v) is 4.86. The summed E-state index contributed by atoms with van der Waals surface area (Å²) >= 11 is 0. The number of nitrogens with two attached hydrogens (primary N) is 1. The minimum absolute atomic E-state index is 0.00820. The van der Waals surface area contributed by atoms with Gasteiger partial charge in [0.05, 0.1) is 0 Å². The summed E-state index contributed by atoms with van der Waals surface area (Å²) in [5, 5.41) is 0. The van der Waals surface area contributed by atoms with Crippen molar-refractivity contribution in [2.75, 3.05) is 0 Å². The van der Waals surface area contributed by atoms with E-state index in [9.17, 15) is 0 Å². The molecule has 1 aromatic rings. The Morgan fingerprint density at radius 3 is 2.79 bits per heavy atom. The van der Waals surface area contributed by atoms with Crippen molar-refractivity contribution in [3.8, 4) is 5.75 Å². The molecule has 1 aliphatic heterocycles. The lowest BCUT2D eigenvalue weighted by atomic mass is 9.74. The van der Waals surface area contributed by atoms with Gasteiger partial charge in [0.15, 0.2) is 0 Å². The first-order valence-corrected chi connectivity index (χ1v) is 7.59. The summed E-state index contributed by atoms with van der Waals surface area (Å²) in [6.45, 7) is 4.48. The van der Waals surface area contributed by atoms with Crippen molar-refractivity contribution in [1.82, 2.24) is 0 Å². The van der Waals surface area contributed by atoms with Crippen molar-refractivity contribution in [3.05, 3.63) is 29.3 Å². The zero-order valence-electron chi connectivity index (χ0n) is 12.1. The summed E-state index contributed by atoms with van der Waals surface area (Å²) in [5.41, 5.74) is 9.27. The van der Waals surface area contributed by atoms with Crippen LogP contribution < -0.4 is 10.5 Å². The molecule has 0 aromatic heterocycles. The van der Waals surface area contributed by atoms with Gasteiger partial charge in [-0.3, -0.25) is 0 Å². The Bertz CT molecular complexity index is 460. The van der Waals surface area contributed by atoms with Crippen molar-refractivity contribution in [1.29, 1.82) is 0 Å². The first-order valence-electron chi connectivity index (χ1n) is 7.59. The fourth-order valence-corrected chi connectivity index (χ4v) is 3.56. The second-order valence-electron chi connectivity index (χ2n) is 6.80. The highest BCUT2D eigenvalue weighted by Crippen LogP contribution is 2.37. The Morgan fingerprint density at radius 2 is 2.05 bits per heavy atom. The molecule has 1 aliphatic carbocycles. The maximum absolute atomic E-state index is 6.59. The molecule has 1 aromatic carbocycles. The van der Waals surface area contributed by atoms with Crippen molar-refractivity contribution in [3.63, 3.8) is 0 Å². The molecule has 1 unspecified atom stereocenters. The molecule has 2 N–H and O–H groups in total. The van der Waals surface area contributed by atoms with Crippen LogP contribution in [0.2, 0.25) is 0 Å². The maximum Gasteiger partial charge on any atom is 0.123 e. The smallest absolute Gasteiger partial charge is 0.123 e. The van der Waals surface area contributed by atoms with Crippen molar-refractivity contribution in [2.24, 2.45) is 11.7 Å². The van der Waals surface area contributed by atoms with E-state index in [2.05, 4.69) is 32.0 Å². The molecule has 1 atom stereocenters. The maximum atomic E-state index is 6.59. The monoisotopic (exact) mass is 259 g/mol. The van der Waals surface area contributed by atoms with E-state index in [4.69, 9.17) is 10.5 Å². The number of hydrogen-bond acceptors (Lipinski definition) is 2. The molecule has 0 radical (unpaired) electrons. The van der Waals surface area contributed by atoms with Gasteiger partial charge in [-0.25, -0.2) is 0 Å². The predicted molar refractivity (Wildman–Crippen MR) is 78.5 cm³/mol. The number of fused-ring (bicyclic) bond motifs is 1. The number of aryl methyl sites for hydroxylation is 1. The molecular weight excluding hydrogens is 234 g/mol. The molecule has 1 saturated carbocycles. The summed E-state index contributed by atoms with van der Waals surface area (Å²) in [6.07, 6.45) is 7.19. The van der Waals surface area contributed by atoms with E-state index in [0.717, 1.165) is 37.4 Å². The first-order chi connectivity index (χ1) is 9.04. The third kappa shape index (κ3) is 2.79. The van der Waals surface area contributed by atoms with Gasteiger partial charge in [0.2, 0.25) is 0 Å². The van der Waals surface area contributed by atoms with Crippen molar-refractivity contribution >= 4 is 0 Å². The summed E-state index contributed by atoms with van der Waals surface area (Å²) in [4.78, 5) is 0. The molecule has 0 saturated heterocycles. The molecule has 104 valence electrons. The summed E-state index contributed by atoms with van der Waals surface area (Å²) < 4.78 is 6.08. The predicted octanol–water partition coefficient (Wildman–Crippen LogP) is 3.60. The van der Waals surface area contributed by atoms with E-state index in [1.165, 1.54) is 24.0 Å². The van der Waals surface area contributed by atoms with Crippen LogP contribution in [0, 0.1) is 12.8 Å². The molecule has 0 spiro atoms. The van der Waals surface area contributed by atoms with Crippen LogP contribution in [0.4, 0.5) is 0 Å². The molecule has 2 nitrogen and oxygen atoms in total. The van der Waals surface area contributed by atoms with Gasteiger partial charge in [0.25, 0.3) is 0 Å². The first kappa shape index (κ1) is 13.0. The highest BCUT2D eigenvalue weighted by atomic mass is 16.5. The van der Waals surface area contributed by atoms with E-state index in [1.807, 2.05) is 0 Å². The van der Waals surface area contributed by atoms with E-state index in [1.54, 1.807) is 0 Å². The summed E-state index contributed by atoms with van der Waals surface area (Å²) in [7, 11) is 0. The van der Waals surface area contributed by atoms with Gasteiger partial charge >= 0.3 is 0 Å². The van der Waals surface area contributed by atoms with Gasteiger partial charge in [0, 0.05) is 18.4 Å². The Balaban J connectivity index is 1.64. The second kappa shape index (κ2) is 4.82.